The van der Waals surface area contributed by atoms with E-state index in [0.29, 0.717) is 10.5 Å². The monoisotopic (exact) mass is 339 g/mol. The van der Waals surface area contributed by atoms with Gasteiger partial charge in [-0.05, 0) is 18.4 Å². The van der Waals surface area contributed by atoms with Gasteiger partial charge in [-0.3, -0.25) is 4.90 Å². The molecule has 0 aliphatic heterocycles. The first kappa shape index (κ1) is 19.6. The molecule has 1 rings (SSSR count). The first-order chi connectivity index (χ1) is 11.4. The first-order valence-electron chi connectivity index (χ1n) is 7.48. The molecule has 1 amide bonds. The summed E-state index contributed by atoms with van der Waals surface area (Å²) in [6.45, 7) is 3.11. The molecular weight excluding hydrogens is 319 g/mol. The smallest absolute Gasteiger partial charge is 0.410 e. The molecule has 1 aromatic rings. The van der Waals surface area contributed by atoms with E-state index in [9.17, 15) is 18.0 Å². The summed E-state index contributed by atoms with van der Waals surface area (Å²) in [5.41, 5.74) is 0.696. The van der Waals surface area contributed by atoms with Crippen LogP contribution in [-0.2, 0) is 11.3 Å². The van der Waals surface area contributed by atoms with Crippen molar-refractivity contribution in [2.45, 2.75) is 38.1 Å². The molecule has 130 valence electrons. The van der Waals surface area contributed by atoms with Gasteiger partial charge >= 0.3 is 12.3 Å². The van der Waals surface area contributed by atoms with Gasteiger partial charge in [0.25, 0.3) is 0 Å². The summed E-state index contributed by atoms with van der Waals surface area (Å²) in [7, 11) is 0. The quantitative estimate of drug-likeness (QED) is 0.395. The van der Waals surface area contributed by atoms with Crippen LogP contribution in [0.3, 0.4) is 0 Å². The van der Waals surface area contributed by atoms with E-state index >= 15 is 0 Å². The minimum absolute atomic E-state index is 0.0933. The van der Waals surface area contributed by atoms with Crippen molar-refractivity contribution >= 4 is 6.09 Å². The third kappa shape index (κ3) is 6.37. The molecule has 0 aliphatic carbocycles. The van der Waals surface area contributed by atoms with Gasteiger partial charge in [0.1, 0.15) is 12.6 Å². The lowest BCUT2D eigenvalue weighted by atomic mass is 10.1. The number of nitrogens with zero attached hydrogens (tertiary/aromatic N) is 1. The minimum Gasteiger partial charge on any atom is -0.445 e. The fourth-order valence-corrected chi connectivity index (χ4v) is 2.12. The number of benzene rings is 1. The molecular formula is C18H20F3NO2. The van der Waals surface area contributed by atoms with Crippen LogP contribution >= 0.6 is 0 Å². The van der Waals surface area contributed by atoms with Crippen molar-refractivity contribution in [1.29, 1.82) is 0 Å². The summed E-state index contributed by atoms with van der Waals surface area (Å²) in [5, 5.41) is 0. The Bertz CT molecular complexity index is 564. The number of carbonyl (C=O) groups is 1. The number of terminal acetylenes is 1. The van der Waals surface area contributed by atoms with Crippen molar-refractivity contribution in [2.24, 2.45) is 0 Å². The number of carbonyl (C=O) groups excluding carboxylic acids is 1. The van der Waals surface area contributed by atoms with Crippen molar-refractivity contribution in [3.8, 4) is 12.3 Å². The van der Waals surface area contributed by atoms with Crippen molar-refractivity contribution in [3.05, 3.63) is 48.6 Å². The summed E-state index contributed by atoms with van der Waals surface area (Å²) < 4.78 is 44.8. The second-order valence-corrected chi connectivity index (χ2v) is 5.12. The zero-order valence-corrected chi connectivity index (χ0v) is 13.3. The molecule has 0 saturated heterocycles. The van der Waals surface area contributed by atoms with E-state index in [0.717, 1.165) is 6.08 Å². The molecule has 1 aromatic carbocycles. The molecule has 3 nitrogen and oxygen atoms in total. The number of unbranched alkanes of at least 4 members (excludes halogenated alkanes) is 1. The number of hydrogen-bond donors (Lipinski definition) is 0. The highest BCUT2D eigenvalue weighted by Crippen LogP contribution is 2.28. The van der Waals surface area contributed by atoms with Gasteiger partial charge in [-0.15, -0.1) is 18.9 Å². The molecule has 1 unspecified atom stereocenters. The first-order valence-corrected chi connectivity index (χ1v) is 7.48. The Morgan fingerprint density at radius 1 is 1.38 bits per heavy atom. The fourth-order valence-electron chi connectivity index (χ4n) is 2.12. The maximum absolute atomic E-state index is 13.3. The zero-order valence-electron chi connectivity index (χ0n) is 13.3. The Hall–Kier alpha value is -2.42. The van der Waals surface area contributed by atoms with Gasteiger partial charge in [0.2, 0.25) is 0 Å². The topological polar surface area (TPSA) is 29.5 Å². The molecule has 1 atom stereocenters. The Morgan fingerprint density at radius 2 is 2.04 bits per heavy atom. The summed E-state index contributed by atoms with van der Waals surface area (Å²) in [6, 6.07) is 6.77. The molecule has 0 saturated carbocycles. The minimum atomic E-state index is -4.57. The van der Waals surface area contributed by atoms with Gasteiger partial charge in [-0.2, -0.15) is 13.2 Å². The third-order valence-electron chi connectivity index (χ3n) is 3.30. The standard InChI is InChI=1S/C18H20F3NO2/c1-3-5-9-13-22(16(10-4-2)18(19,20)21)17(23)24-14-15-11-7-6-8-12-15/h1,4,6-8,11-12,16H,2,5,9-10,13-14H2. The van der Waals surface area contributed by atoms with Crippen LogP contribution in [0, 0.1) is 12.3 Å². The van der Waals surface area contributed by atoms with E-state index in [4.69, 9.17) is 11.2 Å². The highest BCUT2D eigenvalue weighted by Gasteiger charge is 2.45. The molecule has 24 heavy (non-hydrogen) atoms. The summed E-state index contributed by atoms with van der Waals surface area (Å²) in [6.07, 6.45) is 0.812. The average molecular weight is 339 g/mol. The molecule has 0 N–H and O–H groups in total. The maximum Gasteiger partial charge on any atom is 0.410 e. The van der Waals surface area contributed by atoms with E-state index in [1.807, 2.05) is 0 Å². The van der Waals surface area contributed by atoms with Gasteiger partial charge in [-0.25, -0.2) is 4.79 Å². The van der Waals surface area contributed by atoms with Crippen LogP contribution < -0.4 is 0 Å². The molecule has 6 heteroatoms. The third-order valence-corrected chi connectivity index (χ3v) is 3.30. The van der Waals surface area contributed by atoms with E-state index in [1.165, 1.54) is 0 Å². The van der Waals surface area contributed by atoms with Crippen molar-refractivity contribution in [3.63, 3.8) is 0 Å². The number of hydrogen-bond acceptors (Lipinski definition) is 2. The second kappa shape index (κ2) is 9.66. The van der Waals surface area contributed by atoms with Crippen LogP contribution in [0.2, 0.25) is 0 Å². The molecule has 0 aromatic heterocycles. The van der Waals surface area contributed by atoms with Crippen molar-refractivity contribution in [1.82, 2.24) is 4.90 Å². The van der Waals surface area contributed by atoms with Crippen LogP contribution in [0.4, 0.5) is 18.0 Å². The number of halogens is 3. The van der Waals surface area contributed by atoms with Crippen LogP contribution in [0.1, 0.15) is 24.8 Å². The Morgan fingerprint density at radius 3 is 2.58 bits per heavy atom. The highest BCUT2D eigenvalue weighted by atomic mass is 19.4. The van der Waals surface area contributed by atoms with Gasteiger partial charge in [0.05, 0.1) is 0 Å². The average Bonchev–Trinajstić information content (AvgIpc) is 2.55. The lowest BCUT2D eigenvalue weighted by molar-refractivity contribution is -0.178. The molecule has 0 aliphatic rings. The zero-order chi connectivity index (χ0) is 18.0. The van der Waals surface area contributed by atoms with Crippen LogP contribution in [0.25, 0.3) is 0 Å². The van der Waals surface area contributed by atoms with E-state index in [-0.39, 0.29) is 26.0 Å². The van der Waals surface area contributed by atoms with Gasteiger partial charge in [-0.1, -0.05) is 36.4 Å². The summed E-state index contributed by atoms with van der Waals surface area (Å²) in [5.74, 6) is 2.35. The number of rotatable bonds is 8. The van der Waals surface area contributed by atoms with Crippen LogP contribution in [0.15, 0.2) is 43.0 Å². The number of ether oxygens (including phenoxy) is 1. The van der Waals surface area contributed by atoms with Crippen LogP contribution in [-0.4, -0.2) is 29.8 Å². The van der Waals surface area contributed by atoms with Crippen molar-refractivity contribution < 1.29 is 22.7 Å². The van der Waals surface area contributed by atoms with E-state index in [1.54, 1.807) is 30.3 Å². The Kier molecular flexibility index (Phi) is 7.90. The predicted octanol–water partition coefficient (Wildman–Crippen LogP) is 4.55. The van der Waals surface area contributed by atoms with Crippen LogP contribution in [0.5, 0.6) is 0 Å². The lowest BCUT2D eigenvalue weighted by Gasteiger charge is -2.31. The van der Waals surface area contributed by atoms with Gasteiger partial charge in [0.15, 0.2) is 0 Å². The van der Waals surface area contributed by atoms with E-state index in [2.05, 4.69) is 12.5 Å². The molecule has 0 fully saturated rings. The molecule has 0 spiro atoms. The number of alkyl halides is 3. The van der Waals surface area contributed by atoms with Crippen molar-refractivity contribution in [2.75, 3.05) is 6.54 Å². The molecule has 0 heterocycles. The summed E-state index contributed by atoms with van der Waals surface area (Å²) >= 11 is 0. The Labute approximate surface area is 140 Å². The lowest BCUT2D eigenvalue weighted by Crippen LogP contribution is -2.49. The molecule has 0 bridgehead atoms. The summed E-state index contributed by atoms with van der Waals surface area (Å²) in [4.78, 5) is 12.9. The maximum atomic E-state index is 13.3. The second-order valence-electron chi connectivity index (χ2n) is 5.12. The fraction of sp³-hybridized carbons (Fsp3) is 0.389. The van der Waals surface area contributed by atoms with Gasteiger partial charge in [0, 0.05) is 13.0 Å². The number of amides is 1. The largest absolute Gasteiger partial charge is 0.445 e. The Balaban J connectivity index is 2.83. The SMILES string of the molecule is C#CCCCN(C(=O)OCc1ccccc1)C(CC=C)C(F)(F)F. The predicted molar refractivity (Wildman–Crippen MR) is 86.1 cm³/mol. The molecule has 0 radical (unpaired) electrons. The van der Waals surface area contributed by atoms with Gasteiger partial charge < -0.3 is 4.74 Å². The highest BCUT2D eigenvalue weighted by molar-refractivity contribution is 5.68. The normalized spacial score (nSPS) is 12.1. The van der Waals surface area contributed by atoms with E-state index < -0.39 is 24.7 Å².